The van der Waals surface area contributed by atoms with Crippen LogP contribution in [0.4, 0.5) is 17.1 Å². The van der Waals surface area contributed by atoms with E-state index in [1.807, 2.05) is 6.07 Å². The summed E-state index contributed by atoms with van der Waals surface area (Å²) < 4.78 is 5.33. The Morgan fingerprint density at radius 3 is 2.64 bits per heavy atom. The molecule has 7 nitrogen and oxygen atoms in total. The number of hydrogen-bond donors (Lipinski definition) is 3. The fraction of sp³-hybridized carbons (Fsp3) is 0.167. The van der Waals surface area contributed by atoms with Crippen LogP contribution in [0, 0.1) is 0 Å². The normalized spacial score (nSPS) is 15.2. The first kappa shape index (κ1) is 15.2. The van der Waals surface area contributed by atoms with Gasteiger partial charge in [0.2, 0.25) is 5.91 Å². The van der Waals surface area contributed by atoms with Crippen LogP contribution < -0.4 is 20.7 Å². The standard InChI is InChI=1S/C18H15N3O4/c22-16-6-2-10-7-12(3-5-13(10)20-16)19-18(24)11-1-4-14-15(8-11)25-9-17(23)21-14/h1,3-5,7-8H,2,6,9H2,(H,19,24)(H,20,22)(H,21,23). The number of anilines is 3. The average Bonchev–Trinajstić information content (AvgIpc) is 2.61. The van der Waals surface area contributed by atoms with Crippen molar-refractivity contribution in [3.8, 4) is 5.75 Å². The summed E-state index contributed by atoms with van der Waals surface area (Å²) in [5.41, 5.74) is 3.42. The van der Waals surface area contributed by atoms with E-state index in [9.17, 15) is 14.4 Å². The third-order valence-electron chi connectivity index (χ3n) is 4.14. The maximum absolute atomic E-state index is 12.5. The Kier molecular flexibility index (Phi) is 3.61. The highest BCUT2D eigenvalue weighted by Crippen LogP contribution is 2.29. The SMILES string of the molecule is O=C1CCc2cc(NC(=O)c3ccc4c(c3)OCC(=O)N4)ccc2N1. The molecule has 0 radical (unpaired) electrons. The van der Waals surface area contributed by atoms with Gasteiger partial charge < -0.3 is 20.7 Å². The lowest BCUT2D eigenvalue weighted by atomic mass is 10.0. The molecule has 3 amide bonds. The molecular weight excluding hydrogens is 322 g/mol. The highest BCUT2D eigenvalue weighted by atomic mass is 16.5. The van der Waals surface area contributed by atoms with Crippen molar-refractivity contribution in [3.05, 3.63) is 47.5 Å². The van der Waals surface area contributed by atoms with Crippen molar-refractivity contribution in [1.82, 2.24) is 0 Å². The Hall–Kier alpha value is -3.35. The Bertz CT molecular complexity index is 907. The first-order chi connectivity index (χ1) is 12.1. The van der Waals surface area contributed by atoms with Gasteiger partial charge in [-0.15, -0.1) is 0 Å². The van der Waals surface area contributed by atoms with Gasteiger partial charge in [-0.1, -0.05) is 0 Å². The second-order valence-corrected chi connectivity index (χ2v) is 5.92. The van der Waals surface area contributed by atoms with Gasteiger partial charge in [-0.2, -0.15) is 0 Å². The van der Waals surface area contributed by atoms with E-state index in [2.05, 4.69) is 16.0 Å². The highest BCUT2D eigenvalue weighted by molar-refractivity contribution is 6.06. The summed E-state index contributed by atoms with van der Waals surface area (Å²) in [6.07, 6.45) is 1.09. The number of carbonyl (C=O) groups is 3. The van der Waals surface area contributed by atoms with E-state index in [-0.39, 0.29) is 24.3 Å². The van der Waals surface area contributed by atoms with Crippen LogP contribution in [0.15, 0.2) is 36.4 Å². The molecule has 4 rings (SSSR count). The van der Waals surface area contributed by atoms with Crippen molar-refractivity contribution in [3.63, 3.8) is 0 Å². The molecule has 0 spiro atoms. The summed E-state index contributed by atoms with van der Waals surface area (Å²) in [6, 6.07) is 10.3. The number of aryl methyl sites for hydroxylation is 1. The van der Waals surface area contributed by atoms with Crippen LogP contribution in [-0.2, 0) is 16.0 Å². The minimum Gasteiger partial charge on any atom is -0.482 e. The molecule has 2 aliphatic heterocycles. The lowest BCUT2D eigenvalue weighted by molar-refractivity contribution is -0.118. The first-order valence-electron chi connectivity index (χ1n) is 7.89. The lowest BCUT2D eigenvalue weighted by Crippen LogP contribution is -2.25. The van der Waals surface area contributed by atoms with Crippen molar-refractivity contribution in [2.75, 3.05) is 22.6 Å². The molecule has 0 aromatic heterocycles. The molecule has 126 valence electrons. The van der Waals surface area contributed by atoms with Crippen molar-refractivity contribution in [2.45, 2.75) is 12.8 Å². The molecule has 0 aliphatic carbocycles. The van der Waals surface area contributed by atoms with E-state index in [0.717, 1.165) is 11.3 Å². The molecule has 3 N–H and O–H groups in total. The van der Waals surface area contributed by atoms with Crippen LogP contribution in [0.25, 0.3) is 0 Å². The largest absolute Gasteiger partial charge is 0.482 e. The Morgan fingerprint density at radius 1 is 0.960 bits per heavy atom. The summed E-state index contributed by atoms with van der Waals surface area (Å²) in [7, 11) is 0. The van der Waals surface area contributed by atoms with Gasteiger partial charge in [0.25, 0.3) is 11.8 Å². The van der Waals surface area contributed by atoms with E-state index in [0.29, 0.717) is 35.5 Å². The predicted molar refractivity (Wildman–Crippen MR) is 91.9 cm³/mol. The molecule has 25 heavy (non-hydrogen) atoms. The van der Waals surface area contributed by atoms with E-state index in [1.54, 1.807) is 30.3 Å². The molecule has 2 heterocycles. The Morgan fingerprint density at radius 2 is 1.76 bits per heavy atom. The van der Waals surface area contributed by atoms with E-state index in [1.165, 1.54) is 0 Å². The Labute approximate surface area is 143 Å². The van der Waals surface area contributed by atoms with Gasteiger partial charge in [-0.3, -0.25) is 14.4 Å². The molecule has 0 fully saturated rings. The lowest BCUT2D eigenvalue weighted by Gasteiger charge is -2.19. The number of nitrogens with one attached hydrogen (secondary N) is 3. The first-order valence-corrected chi connectivity index (χ1v) is 7.89. The fourth-order valence-corrected chi connectivity index (χ4v) is 2.88. The smallest absolute Gasteiger partial charge is 0.262 e. The fourth-order valence-electron chi connectivity index (χ4n) is 2.88. The predicted octanol–water partition coefficient (Wildman–Crippen LogP) is 2.15. The molecule has 0 saturated heterocycles. The zero-order chi connectivity index (χ0) is 17.4. The van der Waals surface area contributed by atoms with E-state index in [4.69, 9.17) is 4.74 Å². The summed E-state index contributed by atoms with van der Waals surface area (Å²) in [6.45, 7) is -0.0609. The summed E-state index contributed by atoms with van der Waals surface area (Å²) in [4.78, 5) is 35.1. The highest BCUT2D eigenvalue weighted by Gasteiger charge is 2.19. The van der Waals surface area contributed by atoms with Gasteiger partial charge in [0.05, 0.1) is 5.69 Å². The van der Waals surface area contributed by atoms with Crippen molar-refractivity contribution < 1.29 is 19.1 Å². The zero-order valence-corrected chi connectivity index (χ0v) is 13.2. The molecule has 0 atom stereocenters. The van der Waals surface area contributed by atoms with Crippen molar-refractivity contribution in [1.29, 1.82) is 0 Å². The summed E-state index contributed by atoms with van der Waals surface area (Å²) >= 11 is 0. The number of amides is 3. The second-order valence-electron chi connectivity index (χ2n) is 5.92. The van der Waals surface area contributed by atoms with Crippen LogP contribution in [0.1, 0.15) is 22.3 Å². The third-order valence-corrected chi connectivity index (χ3v) is 4.14. The van der Waals surface area contributed by atoms with Gasteiger partial charge in [0.15, 0.2) is 6.61 Å². The summed E-state index contributed by atoms with van der Waals surface area (Å²) in [5, 5.41) is 8.33. The monoisotopic (exact) mass is 337 g/mol. The molecular formula is C18H15N3O4. The van der Waals surface area contributed by atoms with Gasteiger partial charge in [0, 0.05) is 23.4 Å². The minimum absolute atomic E-state index is 0.00503. The molecule has 0 saturated carbocycles. The van der Waals surface area contributed by atoms with E-state index < -0.39 is 0 Å². The molecule has 2 aromatic rings. The van der Waals surface area contributed by atoms with Crippen LogP contribution >= 0.6 is 0 Å². The average molecular weight is 337 g/mol. The van der Waals surface area contributed by atoms with Crippen molar-refractivity contribution in [2.24, 2.45) is 0 Å². The van der Waals surface area contributed by atoms with Gasteiger partial charge >= 0.3 is 0 Å². The number of ether oxygens (including phenoxy) is 1. The van der Waals surface area contributed by atoms with Crippen LogP contribution in [0.2, 0.25) is 0 Å². The second kappa shape index (κ2) is 5.94. The molecule has 7 heteroatoms. The van der Waals surface area contributed by atoms with Crippen LogP contribution in [0.3, 0.4) is 0 Å². The number of fused-ring (bicyclic) bond motifs is 2. The number of hydrogen-bond acceptors (Lipinski definition) is 4. The zero-order valence-electron chi connectivity index (χ0n) is 13.2. The van der Waals surface area contributed by atoms with Gasteiger partial charge in [0.1, 0.15) is 5.75 Å². The van der Waals surface area contributed by atoms with Crippen LogP contribution in [0.5, 0.6) is 5.75 Å². The third kappa shape index (κ3) is 3.03. The number of rotatable bonds is 2. The minimum atomic E-state index is -0.275. The summed E-state index contributed by atoms with van der Waals surface area (Å²) in [5.74, 6) is -0.0141. The molecule has 2 aliphatic rings. The number of carbonyl (C=O) groups excluding carboxylic acids is 3. The van der Waals surface area contributed by atoms with E-state index >= 15 is 0 Å². The topological polar surface area (TPSA) is 96.5 Å². The maximum atomic E-state index is 12.5. The maximum Gasteiger partial charge on any atom is 0.262 e. The van der Waals surface area contributed by atoms with Gasteiger partial charge in [-0.25, -0.2) is 0 Å². The molecule has 0 unspecified atom stereocenters. The quantitative estimate of drug-likeness (QED) is 0.782. The molecule has 2 aromatic carbocycles. The molecule has 0 bridgehead atoms. The number of benzene rings is 2. The van der Waals surface area contributed by atoms with Crippen molar-refractivity contribution >= 4 is 34.8 Å². The van der Waals surface area contributed by atoms with Crippen LogP contribution in [-0.4, -0.2) is 24.3 Å². The van der Waals surface area contributed by atoms with Gasteiger partial charge in [-0.05, 0) is 48.4 Å². The Balaban J connectivity index is 1.52.